The largest absolute Gasteiger partial charge is 0.238 e. The number of hydrogen-bond donors (Lipinski definition) is 1. The van der Waals surface area contributed by atoms with Gasteiger partial charge in [0.2, 0.25) is 10.0 Å². The second-order valence-electron chi connectivity index (χ2n) is 4.29. The van der Waals surface area contributed by atoms with Gasteiger partial charge in [0, 0.05) is 5.56 Å². The first kappa shape index (κ1) is 12.8. The van der Waals surface area contributed by atoms with E-state index in [1.807, 2.05) is 38.1 Å². The zero-order valence-electron chi connectivity index (χ0n) is 10.3. The molecular formula is C14H15NO2S. The van der Waals surface area contributed by atoms with Crippen LogP contribution in [0.5, 0.6) is 0 Å². The maximum atomic E-state index is 11.6. The number of sulfonamides is 1. The third kappa shape index (κ3) is 2.30. The fraction of sp³-hybridized carbons (Fsp3) is 0.143. The molecule has 2 aromatic carbocycles. The summed E-state index contributed by atoms with van der Waals surface area (Å²) < 4.78 is 23.2. The van der Waals surface area contributed by atoms with Crippen molar-refractivity contribution in [3.05, 3.63) is 53.6 Å². The molecule has 0 saturated carbocycles. The highest BCUT2D eigenvalue weighted by molar-refractivity contribution is 7.89. The van der Waals surface area contributed by atoms with E-state index < -0.39 is 10.0 Å². The van der Waals surface area contributed by atoms with Crippen LogP contribution < -0.4 is 5.14 Å². The molecule has 2 rings (SSSR count). The third-order valence-corrected chi connectivity index (χ3v) is 4.06. The van der Waals surface area contributed by atoms with Crippen LogP contribution in [0.15, 0.2) is 47.4 Å². The van der Waals surface area contributed by atoms with Crippen molar-refractivity contribution in [2.24, 2.45) is 5.14 Å². The minimum absolute atomic E-state index is 0.165. The van der Waals surface area contributed by atoms with Crippen LogP contribution in [0.4, 0.5) is 0 Å². The van der Waals surface area contributed by atoms with E-state index in [4.69, 9.17) is 5.14 Å². The zero-order chi connectivity index (χ0) is 13.3. The van der Waals surface area contributed by atoms with Gasteiger partial charge in [-0.15, -0.1) is 0 Å². The number of rotatable bonds is 2. The molecule has 0 heterocycles. The van der Waals surface area contributed by atoms with Crippen LogP contribution in [-0.2, 0) is 10.0 Å². The summed E-state index contributed by atoms with van der Waals surface area (Å²) in [6.07, 6.45) is 0. The smallest absolute Gasteiger partial charge is 0.225 e. The molecule has 0 unspecified atom stereocenters. The Kier molecular flexibility index (Phi) is 3.24. The lowest BCUT2D eigenvalue weighted by Crippen LogP contribution is -2.13. The van der Waals surface area contributed by atoms with Crippen LogP contribution in [0.3, 0.4) is 0 Å². The number of nitrogens with two attached hydrogens (primary N) is 1. The first-order chi connectivity index (χ1) is 8.41. The van der Waals surface area contributed by atoms with E-state index in [2.05, 4.69) is 0 Å². The van der Waals surface area contributed by atoms with Gasteiger partial charge in [0.1, 0.15) is 0 Å². The molecule has 0 aliphatic carbocycles. The van der Waals surface area contributed by atoms with Gasteiger partial charge in [0.15, 0.2) is 0 Å². The van der Waals surface area contributed by atoms with Gasteiger partial charge in [-0.25, -0.2) is 13.6 Å². The average molecular weight is 261 g/mol. The van der Waals surface area contributed by atoms with Gasteiger partial charge >= 0.3 is 0 Å². The molecule has 2 aromatic rings. The maximum absolute atomic E-state index is 11.6. The van der Waals surface area contributed by atoms with Crippen molar-refractivity contribution in [2.75, 3.05) is 0 Å². The summed E-state index contributed by atoms with van der Waals surface area (Å²) >= 11 is 0. The van der Waals surface area contributed by atoms with Gasteiger partial charge < -0.3 is 0 Å². The van der Waals surface area contributed by atoms with Crippen LogP contribution in [0.1, 0.15) is 11.1 Å². The number of aryl methyl sites for hydroxylation is 1. The van der Waals surface area contributed by atoms with E-state index in [1.165, 1.54) is 6.07 Å². The van der Waals surface area contributed by atoms with E-state index in [1.54, 1.807) is 12.1 Å². The fourth-order valence-electron chi connectivity index (χ4n) is 1.98. The Morgan fingerprint density at radius 3 is 2.17 bits per heavy atom. The molecule has 0 radical (unpaired) electrons. The van der Waals surface area contributed by atoms with E-state index in [0.29, 0.717) is 5.56 Å². The Morgan fingerprint density at radius 2 is 1.50 bits per heavy atom. The van der Waals surface area contributed by atoms with Crippen molar-refractivity contribution in [3.63, 3.8) is 0 Å². The fourth-order valence-corrected chi connectivity index (χ4v) is 2.73. The molecular weight excluding hydrogens is 246 g/mol. The van der Waals surface area contributed by atoms with E-state index in [-0.39, 0.29) is 4.90 Å². The highest BCUT2D eigenvalue weighted by Crippen LogP contribution is 2.30. The van der Waals surface area contributed by atoms with Crippen molar-refractivity contribution in [2.45, 2.75) is 18.7 Å². The van der Waals surface area contributed by atoms with Crippen LogP contribution in [0, 0.1) is 13.8 Å². The molecule has 0 aliphatic rings. The first-order valence-corrected chi connectivity index (χ1v) is 7.14. The maximum Gasteiger partial charge on any atom is 0.238 e. The Balaban J connectivity index is 2.77. The molecule has 18 heavy (non-hydrogen) atoms. The summed E-state index contributed by atoms with van der Waals surface area (Å²) in [4.78, 5) is 0.165. The van der Waals surface area contributed by atoms with Crippen molar-refractivity contribution in [1.29, 1.82) is 0 Å². The summed E-state index contributed by atoms with van der Waals surface area (Å²) in [7, 11) is -3.71. The molecule has 0 bridgehead atoms. The second kappa shape index (κ2) is 4.55. The van der Waals surface area contributed by atoms with Crippen molar-refractivity contribution < 1.29 is 8.42 Å². The standard InChI is InChI=1S/C14H15NO2S/c1-10-6-5-8-12(11(10)2)13-7-3-4-9-14(13)18(15,16)17/h3-9H,1-2H3,(H2,15,16,17). The van der Waals surface area contributed by atoms with Gasteiger partial charge in [-0.05, 0) is 36.6 Å². The Morgan fingerprint density at radius 1 is 0.889 bits per heavy atom. The quantitative estimate of drug-likeness (QED) is 0.903. The second-order valence-corrected chi connectivity index (χ2v) is 5.82. The highest BCUT2D eigenvalue weighted by Gasteiger charge is 2.15. The lowest BCUT2D eigenvalue weighted by Gasteiger charge is -2.12. The molecule has 0 spiro atoms. The van der Waals surface area contributed by atoms with E-state index >= 15 is 0 Å². The SMILES string of the molecule is Cc1cccc(-c2ccccc2S(N)(=O)=O)c1C. The predicted octanol–water partition coefficient (Wildman–Crippen LogP) is 2.62. The van der Waals surface area contributed by atoms with Crippen LogP contribution in [0.2, 0.25) is 0 Å². The molecule has 0 aliphatic heterocycles. The van der Waals surface area contributed by atoms with Crippen molar-refractivity contribution >= 4 is 10.0 Å². The van der Waals surface area contributed by atoms with Crippen LogP contribution in [0.25, 0.3) is 11.1 Å². The zero-order valence-corrected chi connectivity index (χ0v) is 11.2. The molecule has 3 nitrogen and oxygen atoms in total. The molecule has 94 valence electrons. The molecule has 2 N–H and O–H groups in total. The first-order valence-electron chi connectivity index (χ1n) is 5.59. The van der Waals surface area contributed by atoms with E-state index in [9.17, 15) is 8.42 Å². The third-order valence-electron chi connectivity index (χ3n) is 3.09. The van der Waals surface area contributed by atoms with Gasteiger partial charge in [0.05, 0.1) is 4.90 Å². The van der Waals surface area contributed by atoms with Gasteiger partial charge in [-0.3, -0.25) is 0 Å². The monoisotopic (exact) mass is 261 g/mol. The normalized spacial score (nSPS) is 11.5. The molecule has 0 fully saturated rings. The Hall–Kier alpha value is -1.65. The van der Waals surface area contributed by atoms with Crippen LogP contribution in [-0.4, -0.2) is 8.42 Å². The minimum Gasteiger partial charge on any atom is -0.225 e. The summed E-state index contributed by atoms with van der Waals surface area (Å²) in [5.41, 5.74) is 3.74. The van der Waals surface area contributed by atoms with Gasteiger partial charge in [-0.2, -0.15) is 0 Å². The number of primary sulfonamides is 1. The minimum atomic E-state index is -3.71. The van der Waals surface area contributed by atoms with Crippen molar-refractivity contribution in [1.82, 2.24) is 0 Å². The number of hydrogen-bond acceptors (Lipinski definition) is 2. The lowest BCUT2D eigenvalue weighted by atomic mass is 9.97. The van der Waals surface area contributed by atoms with Crippen molar-refractivity contribution in [3.8, 4) is 11.1 Å². The molecule has 0 saturated heterocycles. The predicted molar refractivity (Wildman–Crippen MR) is 72.7 cm³/mol. The molecule has 0 amide bonds. The average Bonchev–Trinajstić information content (AvgIpc) is 2.32. The summed E-state index contributed by atoms with van der Waals surface area (Å²) in [6, 6.07) is 12.6. The molecule has 0 aromatic heterocycles. The summed E-state index contributed by atoms with van der Waals surface area (Å²) in [6.45, 7) is 3.98. The van der Waals surface area contributed by atoms with Crippen LogP contribution >= 0.6 is 0 Å². The van der Waals surface area contributed by atoms with Gasteiger partial charge in [-0.1, -0.05) is 36.4 Å². The van der Waals surface area contributed by atoms with Gasteiger partial charge in [0.25, 0.3) is 0 Å². The topological polar surface area (TPSA) is 60.2 Å². The molecule has 0 atom stereocenters. The highest BCUT2D eigenvalue weighted by atomic mass is 32.2. The van der Waals surface area contributed by atoms with E-state index in [0.717, 1.165) is 16.7 Å². The Labute approximate surface area is 107 Å². The lowest BCUT2D eigenvalue weighted by molar-refractivity contribution is 0.598. The summed E-state index contributed by atoms with van der Waals surface area (Å²) in [5, 5.41) is 5.26. The summed E-state index contributed by atoms with van der Waals surface area (Å²) in [5.74, 6) is 0. The number of benzene rings is 2. The Bertz CT molecular complexity index is 691. The molecule has 4 heteroatoms.